The van der Waals surface area contributed by atoms with Gasteiger partial charge < -0.3 is 0 Å². The summed E-state index contributed by atoms with van der Waals surface area (Å²) in [4.78, 5) is 10.6. The van der Waals surface area contributed by atoms with E-state index in [0.717, 1.165) is 40.4 Å². The molecule has 0 fully saturated rings. The van der Waals surface area contributed by atoms with Crippen molar-refractivity contribution in [1.29, 1.82) is 0 Å². The number of aliphatic imine (C=N–C) groups is 2. The summed E-state index contributed by atoms with van der Waals surface area (Å²) in [5.41, 5.74) is 15.6. The molecule has 6 aromatic carbocycles. The van der Waals surface area contributed by atoms with E-state index in [0.29, 0.717) is 0 Å². The Bertz CT molecular complexity index is 2220. The zero-order chi connectivity index (χ0) is 32.7. The van der Waals surface area contributed by atoms with Gasteiger partial charge in [0.1, 0.15) is 0 Å². The third-order valence-electron chi connectivity index (χ3n) is 9.98. The molecule has 1 aliphatic carbocycles. The maximum atomic E-state index is 5.39. The van der Waals surface area contributed by atoms with E-state index in [-0.39, 0.29) is 11.3 Å². The Morgan fingerprint density at radius 2 is 1.06 bits per heavy atom. The predicted molar refractivity (Wildman–Crippen MR) is 203 cm³/mol. The molecule has 0 radical (unpaired) electrons. The average molecular weight is 619 g/mol. The highest BCUT2D eigenvalue weighted by atomic mass is 14.9. The van der Waals surface area contributed by atoms with Crippen LogP contribution in [-0.4, -0.2) is 11.5 Å². The Morgan fingerprint density at radius 1 is 0.500 bits per heavy atom. The maximum Gasteiger partial charge on any atom is 0.160 e. The zero-order valence-corrected chi connectivity index (χ0v) is 27.7. The van der Waals surface area contributed by atoms with E-state index in [1.807, 2.05) is 6.07 Å². The topological polar surface area (TPSA) is 24.7 Å². The summed E-state index contributed by atoms with van der Waals surface area (Å²) in [5, 5.41) is 0. The van der Waals surface area contributed by atoms with Crippen LogP contribution in [0.3, 0.4) is 0 Å². The van der Waals surface area contributed by atoms with Crippen molar-refractivity contribution in [3.63, 3.8) is 0 Å². The van der Waals surface area contributed by atoms with Crippen molar-refractivity contribution in [2.45, 2.75) is 32.6 Å². The van der Waals surface area contributed by atoms with Gasteiger partial charge >= 0.3 is 0 Å². The number of hydrogen-bond donors (Lipinski definition) is 0. The van der Waals surface area contributed by atoms with E-state index >= 15 is 0 Å². The van der Waals surface area contributed by atoms with Crippen LogP contribution in [0.15, 0.2) is 168 Å². The minimum Gasteiger partial charge on any atom is -0.232 e. The molecule has 1 unspecified atom stereocenters. The first kappa shape index (κ1) is 29.8. The van der Waals surface area contributed by atoms with Gasteiger partial charge in [-0.1, -0.05) is 172 Å². The second-order valence-electron chi connectivity index (χ2n) is 13.4. The normalized spacial score (nSPS) is 19.7. The molecule has 6 aromatic rings. The van der Waals surface area contributed by atoms with Crippen molar-refractivity contribution in [1.82, 2.24) is 0 Å². The van der Waals surface area contributed by atoms with Gasteiger partial charge in [0.15, 0.2) is 5.84 Å². The highest BCUT2D eigenvalue weighted by molar-refractivity contribution is 6.15. The van der Waals surface area contributed by atoms with Crippen LogP contribution in [0, 0.1) is 5.92 Å². The zero-order valence-electron chi connectivity index (χ0n) is 27.7. The van der Waals surface area contributed by atoms with Crippen molar-refractivity contribution in [2.75, 3.05) is 0 Å². The summed E-state index contributed by atoms with van der Waals surface area (Å²) in [7, 11) is 0. The predicted octanol–water partition coefficient (Wildman–Crippen LogP) is 11.6. The summed E-state index contributed by atoms with van der Waals surface area (Å²) in [6.07, 6.45) is 3.12. The molecule has 1 atom stereocenters. The van der Waals surface area contributed by atoms with Gasteiger partial charge in [0.25, 0.3) is 0 Å². The van der Waals surface area contributed by atoms with Gasteiger partial charge in [0, 0.05) is 16.9 Å². The van der Waals surface area contributed by atoms with Crippen molar-refractivity contribution < 1.29 is 0 Å². The summed E-state index contributed by atoms with van der Waals surface area (Å²) in [6, 6.07) is 54.2. The van der Waals surface area contributed by atoms with Crippen LogP contribution in [0.2, 0.25) is 0 Å². The number of hydrogen-bond acceptors (Lipinski definition) is 2. The number of nitrogens with zero attached hydrogens (tertiary/aromatic N) is 2. The lowest BCUT2D eigenvalue weighted by Crippen LogP contribution is -2.17. The molecule has 2 aliphatic rings. The number of amidine groups is 1. The van der Waals surface area contributed by atoms with Gasteiger partial charge in [-0.2, -0.15) is 0 Å². The molecule has 232 valence electrons. The molecule has 0 spiro atoms. The molecule has 48 heavy (non-hydrogen) atoms. The van der Waals surface area contributed by atoms with Crippen LogP contribution < -0.4 is 0 Å². The van der Waals surface area contributed by atoms with Gasteiger partial charge in [0.2, 0.25) is 0 Å². The monoisotopic (exact) mass is 618 g/mol. The molecule has 0 N–H and O–H groups in total. The Morgan fingerprint density at radius 3 is 1.83 bits per heavy atom. The molecule has 2 heteroatoms. The Hall–Kier alpha value is -5.60. The summed E-state index contributed by atoms with van der Waals surface area (Å²) >= 11 is 0. The van der Waals surface area contributed by atoms with Crippen LogP contribution in [0.5, 0.6) is 0 Å². The third kappa shape index (κ3) is 5.34. The van der Waals surface area contributed by atoms with Gasteiger partial charge in [-0.3, -0.25) is 0 Å². The van der Waals surface area contributed by atoms with Gasteiger partial charge in [-0.05, 0) is 68.1 Å². The fourth-order valence-corrected chi connectivity index (χ4v) is 7.36. The first-order valence-corrected chi connectivity index (χ1v) is 16.9. The van der Waals surface area contributed by atoms with Crippen molar-refractivity contribution >= 4 is 17.2 Å². The molecular weight excluding hydrogens is 581 g/mol. The van der Waals surface area contributed by atoms with Crippen LogP contribution >= 0.6 is 0 Å². The highest BCUT2D eigenvalue weighted by Crippen LogP contribution is 2.52. The fourth-order valence-electron chi connectivity index (χ4n) is 7.36. The summed E-state index contributed by atoms with van der Waals surface area (Å²) in [5.74, 6) is 0.923. The molecule has 8 rings (SSSR count). The maximum absolute atomic E-state index is 5.39. The van der Waals surface area contributed by atoms with E-state index in [4.69, 9.17) is 9.98 Å². The second kappa shape index (κ2) is 12.2. The Balaban J connectivity index is 1.21. The minimum absolute atomic E-state index is 0.0371. The van der Waals surface area contributed by atoms with E-state index in [1.165, 1.54) is 44.5 Å². The number of allylic oxidation sites excluding steroid dienone is 1. The lowest BCUT2D eigenvalue weighted by atomic mass is 9.82. The highest BCUT2D eigenvalue weighted by Gasteiger charge is 2.36. The van der Waals surface area contributed by atoms with E-state index in [1.54, 1.807) is 0 Å². The van der Waals surface area contributed by atoms with Crippen LogP contribution in [-0.2, 0) is 5.41 Å². The SMILES string of the molecule is CC1C/C=C(c2ccc(-c3ccccc3)cc2)/N=C(c2ccccc2)\N=C/1c1cccc(-c2cccc3c2-c2ccccc2C3(C)C)c1. The first-order chi connectivity index (χ1) is 23.5. The standard InChI is InChI=1S/C46H38N2/c1-31-24-29-42(34-27-25-33(26-28-34)32-14-6-4-7-15-32)47-45(35-16-8-5-9-17-35)48-44(31)37-19-12-18-36(30-37)38-21-13-23-41-43(38)39-20-10-11-22-40(39)46(41,2)3/h4-23,25-31H,24H2,1-3H3/b42-29+,47-45-,48-44+. The summed E-state index contributed by atoms with van der Waals surface area (Å²) in [6.45, 7) is 6.96. The lowest BCUT2D eigenvalue weighted by Gasteiger charge is -2.22. The quantitative estimate of drug-likeness (QED) is 0.184. The third-order valence-corrected chi connectivity index (χ3v) is 9.98. The molecule has 0 amide bonds. The van der Waals surface area contributed by atoms with Gasteiger partial charge in [-0.25, -0.2) is 9.98 Å². The Kier molecular flexibility index (Phi) is 7.57. The van der Waals surface area contributed by atoms with Crippen molar-refractivity contribution in [2.24, 2.45) is 15.9 Å². The van der Waals surface area contributed by atoms with Crippen molar-refractivity contribution in [3.05, 3.63) is 186 Å². The smallest absolute Gasteiger partial charge is 0.160 e. The fraction of sp³-hybridized carbons (Fsp3) is 0.130. The first-order valence-electron chi connectivity index (χ1n) is 16.9. The second-order valence-corrected chi connectivity index (χ2v) is 13.4. The van der Waals surface area contributed by atoms with Crippen LogP contribution in [0.25, 0.3) is 39.1 Å². The van der Waals surface area contributed by atoms with E-state index in [9.17, 15) is 0 Å². The number of fused-ring (bicyclic) bond motifs is 3. The molecule has 0 bridgehead atoms. The molecule has 0 saturated carbocycles. The molecule has 0 aromatic heterocycles. The molecule has 1 aliphatic heterocycles. The number of benzene rings is 6. The summed E-state index contributed by atoms with van der Waals surface area (Å²) < 4.78 is 0. The van der Waals surface area contributed by atoms with Crippen LogP contribution in [0.4, 0.5) is 0 Å². The molecule has 2 nitrogen and oxygen atoms in total. The van der Waals surface area contributed by atoms with Crippen molar-refractivity contribution in [3.8, 4) is 33.4 Å². The van der Waals surface area contributed by atoms with E-state index in [2.05, 4.69) is 172 Å². The molecular formula is C46H38N2. The largest absolute Gasteiger partial charge is 0.232 e. The van der Waals surface area contributed by atoms with E-state index < -0.39 is 0 Å². The molecule has 0 saturated heterocycles. The Labute approximate surface area is 283 Å². The minimum atomic E-state index is -0.0371. The average Bonchev–Trinajstić information content (AvgIpc) is 3.37. The van der Waals surface area contributed by atoms with Gasteiger partial charge in [0.05, 0.1) is 11.4 Å². The van der Waals surface area contributed by atoms with Crippen LogP contribution in [0.1, 0.15) is 55.0 Å². The number of rotatable bonds is 5. The lowest BCUT2D eigenvalue weighted by molar-refractivity contribution is 0.660. The van der Waals surface area contributed by atoms with Gasteiger partial charge in [-0.15, -0.1) is 0 Å². The molecule has 1 heterocycles.